The Hall–Kier alpha value is -2.63. The van der Waals surface area contributed by atoms with Crippen LogP contribution in [0.15, 0.2) is 29.5 Å². The van der Waals surface area contributed by atoms with Gasteiger partial charge >= 0.3 is 10.4 Å². The summed E-state index contributed by atoms with van der Waals surface area (Å²) in [5, 5.41) is 15.8. The Balaban J connectivity index is 0.000000646. The Morgan fingerprint density at radius 1 is 1.37 bits per heavy atom. The highest BCUT2D eigenvalue weighted by molar-refractivity contribution is 7.79. The van der Waals surface area contributed by atoms with E-state index in [9.17, 15) is 0 Å². The average molecular weight is 399 g/mol. The van der Waals surface area contributed by atoms with Crippen LogP contribution in [0.5, 0.6) is 5.75 Å². The van der Waals surface area contributed by atoms with E-state index in [4.69, 9.17) is 27.7 Å². The van der Waals surface area contributed by atoms with Crippen molar-refractivity contribution in [2.75, 3.05) is 13.7 Å². The van der Waals surface area contributed by atoms with Crippen molar-refractivity contribution in [2.45, 2.75) is 26.2 Å². The summed E-state index contributed by atoms with van der Waals surface area (Å²) in [6, 6.07) is 5.84. The third kappa shape index (κ3) is 9.58. The summed E-state index contributed by atoms with van der Waals surface area (Å²) < 4.78 is 36.8. The standard InChI is InChI=1S/C16H23N5O.H2O4S/c1-3-4-5-8-18-16(17)21-20-11-12-10-19-15-7-6-13(22-2)9-14(12)15;1-5(2,3)4/h6-7,9-11,19H,3-5,8H2,1-2H3,(H3,17,18,21);(H2,1,2,3,4)/b20-11+;. The number of hydrogen-bond donors (Lipinski definition) is 6. The number of aromatic amines is 1. The van der Waals surface area contributed by atoms with E-state index in [1.54, 1.807) is 13.3 Å². The number of rotatable bonds is 7. The van der Waals surface area contributed by atoms with E-state index in [1.165, 1.54) is 12.8 Å². The zero-order chi connectivity index (χ0) is 20.3. The molecule has 10 nitrogen and oxygen atoms in total. The molecule has 2 rings (SSSR count). The van der Waals surface area contributed by atoms with Gasteiger partial charge in [-0.15, -0.1) is 0 Å². The van der Waals surface area contributed by atoms with Crippen LogP contribution in [-0.2, 0) is 10.4 Å². The Kier molecular flexibility index (Phi) is 9.26. The number of hydrogen-bond acceptors (Lipinski definition) is 5. The van der Waals surface area contributed by atoms with Crippen LogP contribution in [0.25, 0.3) is 10.9 Å². The maximum absolute atomic E-state index is 8.74. The lowest BCUT2D eigenvalue weighted by Gasteiger charge is -2.05. The predicted molar refractivity (Wildman–Crippen MR) is 105 cm³/mol. The van der Waals surface area contributed by atoms with Gasteiger partial charge in [0.15, 0.2) is 0 Å². The first-order valence-electron chi connectivity index (χ1n) is 8.21. The summed E-state index contributed by atoms with van der Waals surface area (Å²) in [7, 11) is -3.02. The molecule has 0 unspecified atom stereocenters. The maximum atomic E-state index is 8.74. The van der Waals surface area contributed by atoms with Gasteiger partial charge in [-0.1, -0.05) is 19.8 Å². The third-order valence-electron chi connectivity index (χ3n) is 3.38. The number of hydrazone groups is 1. The van der Waals surface area contributed by atoms with E-state index in [-0.39, 0.29) is 5.96 Å². The molecule has 0 saturated heterocycles. The van der Waals surface area contributed by atoms with Gasteiger partial charge in [0, 0.05) is 29.2 Å². The number of H-pyrrole nitrogens is 1. The summed E-state index contributed by atoms with van der Waals surface area (Å²) in [6.45, 7) is 2.95. The second-order valence-corrected chi connectivity index (χ2v) is 6.38. The minimum absolute atomic E-state index is 0.213. The van der Waals surface area contributed by atoms with Crippen molar-refractivity contribution in [1.82, 2.24) is 15.7 Å². The van der Waals surface area contributed by atoms with Crippen molar-refractivity contribution in [1.29, 1.82) is 5.41 Å². The fourth-order valence-corrected chi connectivity index (χ4v) is 2.15. The lowest BCUT2D eigenvalue weighted by Crippen LogP contribution is -2.33. The smallest absolute Gasteiger partial charge is 0.394 e. The molecule has 11 heteroatoms. The molecule has 1 heterocycles. The van der Waals surface area contributed by atoms with Crippen molar-refractivity contribution < 1.29 is 22.3 Å². The highest BCUT2D eigenvalue weighted by Gasteiger charge is 2.03. The molecular weight excluding hydrogens is 374 g/mol. The van der Waals surface area contributed by atoms with E-state index < -0.39 is 10.4 Å². The van der Waals surface area contributed by atoms with Crippen LogP contribution in [0.4, 0.5) is 0 Å². The minimum Gasteiger partial charge on any atom is -0.497 e. The average Bonchev–Trinajstić information content (AvgIpc) is 2.99. The third-order valence-corrected chi connectivity index (χ3v) is 3.38. The first kappa shape index (κ1) is 22.4. The zero-order valence-electron chi connectivity index (χ0n) is 15.2. The number of methoxy groups -OCH3 is 1. The van der Waals surface area contributed by atoms with Crippen LogP contribution in [-0.4, -0.2) is 48.3 Å². The summed E-state index contributed by atoms with van der Waals surface area (Å²) >= 11 is 0. The fourth-order valence-electron chi connectivity index (χ4n) is 2.15. The van der Waals surface area contributed by atoms with Gasteiger partial charge in [-0.2, -0.15) is 13.5 Å². The molecule has 0 amide bonds. The molecule has 0 spiro atoms. The SMILES string of the molecule is CCCCCNC(=N)N/N=C/c1c[nH]c2ccc(OC)cc12.O=S(=O)(O)O. The normalized spacial score (nSPS) is 11.1. The van der Waals surface area contributed by atoms with Crippen molar-refractivity contribution in [3.8, 4) is 5.75 Å². The van der Waals surface area contributed by atoms with Crippen LogP contribution < -0.4 is 15.5 Å². The molecule has 2 aromatic rings. The molecule has 1 aromatic carbocycles. The summed E-state index contributed by atoms with van der Waals surface area (Å²) in [5.74, 6) is 1.02. The van der Waals surface area contributed by atoms with Crippen molar-refractivity contribution >= 4 is 33.5 Å². The number of nitrogens with zero attached hydrogens (tertiary/aromatic N) is 1. The van der Waals surface area contributed by atoms with E-state index in [0.717, 1.165) is 35.2 Å². The quantitative estimate of drug-likeness (QED) is 0.137. The van der Waals surface area contributed by atoms with Gasteiger partial charge < -0.3 is 15.0 Å². The topological polar surface area (TPSA) is 160 Å². The number of unbranched alkanes of at least 4 members (excludes halogenated alkanes) is 2. The summed E-state index contributed by atoms with van der Waals surface area (Å²) in [4.78, 5) is 3.18. The van der Waals surface area contributed by atoms with Crippen LogP contribution in [0.1, 0.15) is 31.7 Å². The Morgan fingerprint density at radius 3 is 2.70 bits per heavy atom. The van der Waals surface area contributed by atoms with Gasteiger partial charge in [-0.05, 0) is 24.6 Å². The molecule has 0 bridgehead atoms. The summed E-state index contributed by atoms with van der Waals surface area (Å²) in [5.41, 5.74) is 4.66. The zero-order valence-corrected chi connectivity index (χ0v) is 16.0. The highest BCUT2D eigenvalue weighted by Crippen LogP contribution is 2.22. The predicted octanol–water partition coefficient (Wildman–Crippen LogP) is 2.16. The molecule has 27 heavy (non-hydrogen) atoms. The highest BCUT2D eigenvalue weighted by atomic mass is 32.3. The van der Waals surface area contributed by atoms with Gasteiger partial charge in [0.2, 0.25) is 5.96 Å². The summed E-state index contributed by atoms with van der Waals surface area (Å²) in [6.07, 6.45) is 6.98. The Bertz CT molecular complexity index is 855. The molecule has 0 aliphatic rings. The number of nitrogens with one attached hydrogen (secondary N) is 4. The molecule has 0 saturated carbocycles. The fraction of sp³-hybridized carbons (Fsp3) is 0.375. The molecule has 0 radical (unpaired) electrons. The van der Waals surface area contributed by atoms with Crippen molar-refractivity contribution in [3.05, 3.63) is 30.0 Å². The Labute approximate surface area is 158 Å². The molecule has 150 valence electrons. The largest absolute Gasteiger partial charge is 0.497 e. The van der Waals surface area contributed by atoms with Crippen molar-refractivity contribution in [2.24, 2.45) is 5.10 Å². The minimum atomic E-state index is -4.67. The van der Waals surface area contributed by atoms with Gasteiger partial charge in [0.25, 0.3) is 0 Å². The van der Waals surface area contributed by atoms with E-state index in [1.807, 2.05) is 24.4 Å². The Morgan fingerprint density at radius 2 is 2.07 bits per heavy atom. The lowest BCUT2D eigenvalue weighted by molar-refractivity contribution is 0.381. The van der Waals surface area contributed by atoms with E-state index >= 15 is 0 Å². The molecule has 1 aromatic heterocycles. The van der Waals surface area contributed by atoms with Gasteiger partial charge in [-0.25, -0.2) is 5.43 Å². The second kappa shape index (κ2) is 11.2. The molecule has 0 aliphatic heterocycles. The monoisotopic (exact) mass is 399 g/mol. The van der Waals surface area contributed by atoms with E-state index in [2.05, 4.69) is 27.8 Å². The number of benzene rings is 1. The number of guanidine groups is 1. The second-order valence-electron chi connectivity index (χ2n) is 5.48. The molecular formula is C16H25N5O5S. The van der Waals surface area contributed by atoms with Crippen LogP contribution in [0, 0.1) is 5.41 Å². The first-order chi connectivity index (χ1) is 12.7. The molecule has 6 N–H and O–H groups in total. The van der Waals surface area contributed by atoms with Crippen LogP contribution in [0.3, 0.4) is 0 Å². The van der Waals surface area contributed by atoms with Gasteiger partial charge in [0.1, 0.15) is 5.75 Å². The number of fused-ring (bicyclic) bond motifs is 1. The molecule has 0 aliphatic carbocycles. The maximum Gasteiger partial charge on any atom is 0.394 e. The van der Waals surface area contributed by atoms with Gasteiger partial charge in [0.05, 0.1) is 13.3 Å². The van der Waals surface area contributed by atoms with Crippen molar-refractivity contribution in [3.63, 3.8) is 0 Å². The molecule has 0 fully saturated rings. The van der Waals surface area contributed by atoms with Crippen LogP contribution >= 0.6 is 0 Å². The first-order valence-corrected chi connectivity index (χ1v) is 9.60. The molecule has 0 atom stereocenters. The lowest BCUT2D eigenvalue weighted by atomic mass is 10.2. The van der Waals surface area contributed by atoms with E-state index in [0.29, 0.717) is 0 Å². The van der Waals surface area contributed by atoms with Crippen LogP contribution in [0.2, 0.25) is 0 Å². The number of aromatic nitrogens is 1. The number of ether oxygens (including phenoxy) is 1. The van der Waals surface area contributed by atoms with Gasteiger partial charge in [-0.3, -0.25) is 14.5 Å².